The molecule has 1 aromatic carbocycles. The predicted molar refractivity (Wildman–Crippen MR) is 119 cm³/mol. The molecule has 7 nitrogen and oxygen atoms in total. The zero-order valence-electron chi connectivity index (χ0n) is 19.3. The Morgan fingerprint density at radius 3 is 2.23 bits per heavy atom. The molecule has 168 valence electrons. The van der Waals surface area contributed by atoms with E-state index in [2.05, 4.69) is 9.88 Å². The summed E-state index contributed by atoms with van der Waals surface area (Å²) in [5, 5.41) is 2.70. The third kappa shape index (κ3) is 5.54. The first kappa shape index (κ1) is 24.2. The number of aryl methyl sites for hydroxylation is 1. The van der Waals surface area contributed by atoms with Crippen LogP contribution in [-0.4, -0.2) is 42.0 Å². The van der Waals surface area contributed by atoms with Crippen molar-refractivity contribution in [1.29, 1.82) is 0 Å². The minimum atomic E-state index is -0.895. The number of ether oxygens (including phenoxy) is 2. The van der Waals surface area contributed by atoms with Crippen molar-refractivity contribution in [3.8, 4) is 5.75 Å². The maximum absolute atomic E-state index is 12.7. The topological polar surface area (TPSA) is 86.6 Å². The van der Waals surface area contributed by atoms with E-state index in [0.717, 1.165) is 11.4 Å². The number of nitrogens with one attached hydrogen (secondary N) is 1. The Bertz CT molecular complexity index is 959. The molecule has 1 atom stereocenters. The predicted octanol–water partition coefficient (Wildman–Crippen LogP) is 3.87. The highest BCUT2D eigenvalue weighted by atomic mass is 16.5. The number of hydrogen-bond donors (Lipinski definition) is 1. The lowest BCUT2D eigenvalue weighted by Gasteiger charge is -2.21. The number of carbonyl (C=O) groups is 3. The first-order chi connectivity index (χ1) is 14.6. The zero-order chi connectivity index (χ0) is 23.3. The molecule has 1 heterocycles. The molecule has 0 aliphatic rings. The van der Waals surface area contributed by atoms with E-state index >= 15 is 0 Å². The first-order valence-corrected chi connectivity index (χ1v) is 10.4. The SMILES string of the molecule is COc1ccccc1C(=O)N[C@H](C(=O)OCC(=O)c1cc(C)n(C(C)C)c1C)C(C)C. The van der Waals surface area contributed by atoms with Gasteiger partial charge in [0.05, 0.1) is 12.7 Å². The van der Waals surface area contributed by atoms with E-state index in [-0.39, 0.29) is 24.3 Å². The number of methoxy groups -OCH3 is 1. The van der Waals surface area contributed by atoms with Crippen molar-refractivity contribution in [2.75, 3.05) is 13.7 Å². The molecule has 7 heteroatoms. The van der Waals surface area contributed by atoms with Gasteiger partial charge in [0.2, 0.25) is 5.78 Å². The van der Waals surface area contributed by atoms with Gasteiger partial charge in [-0.05, 0) is 51.8 Å². The summed E-state index contributed by atoms with van der Waals surface area (Å²) in [5.74, 6) is -1.19. The third-order valence-electron chi connectivity index (χ3n) is 5.21. The van der Waals surface area contributed by atoms with Gasteiger partial charge in [-0.2, -0.15) is 0 Å². The van der Waals surface area contributed by atoms with Crippen LogP contribution in [0.4, 0.5) is 0 Å². The molecule has 2 rings (SSSR count). The number of esters is 1. The lowest BCUT2D eigenvalue weighted by Crippen LogP contribution is -2.45. The lowest BCUT2D eigenvalue weighted by molar-refractivity contribution is -0.145. The fraction of sp³-hybridized carbons (Fsp3) is 0.458. The fourth-order valence-corrected chi connectivity index (χ4v) is 3.71. The van der Waals surface area contributed by atoms with Crippen molar-refractivity contribution in [1.82, 2.24) is 9.88 Å². The highest BCUT2D eigenvalue weighted by molar-refractivity contribution is 6.01. The van der Waals surface area contributed by atoms with Crippen LogP contribution in [0.3, 0.4) is 0 Å². The van der Waals surface area contributed by atoms with Gasteiger partial charge in [0.25, 0.3) is 5.91 Å². The van der Waals surface area contributed by atoms with Crippen molar-refractivity contribution >= 4 is 17.7 Å². The summed E-state index contributed by atoms with van der Waals surface area (Å²) in [4.78, 5) is 38.0. The van der Waals surface area contributed by atoms with Crippen molar-refractivity contribution in [3.05, 3.63) is 52.8 Å². The summed E-state index contributed by atoms with van der Waals surface area (Å²) in [7, 11) is 1.47. The standard InChI is InChI=1S/C24H32N2O5/c1-14(2)22(25-23(28)18-10-8-9-11-21(18)30-7)24(29)31-13-20(27)19-12-16(5)26(15(3)4)17(19)6/h8-12,14-15,22H,13H2,1-7H3,(H,25,28)/t22-/m0/s1. The molecule has 1 N–H and O–H groups in total. The molecule has 0 aliphatic carbocycles. The van der Waals surface area contributed by atoms with E-state index in [1.165, 1.54) is 7.11 Å². The van der Waals surface area contributed by atoms with Crippen molar-refractivity contribution < 1.29 is 23.9 Å². The highest BCUT2D eigenvalue weighted by Crippen LogP contribution is 2.21. The van der Waals surface area contributed by atoms with Crippen LogP contribution in [0.2, 0.25) is 0 Å². The Morgan fingerprint density at radius 2 is 1.68 bits per heavy atom. The van der Waals surface area contributed by atoms with Gasteiger partial charge in [-0.25, -0.2) is 4.79 Å². The molecular formula is C24H32N2O5. The van der Waals surface area contributed by atoms with E-state index in [1.54, 1.807) is 38.1 Å². The van der Waals surface area contributed by atoms with Crippen LogP contribution in [-0.2, 0) is 9.53 Å². The molecule has 2 aromatic rings. The van der Waals surface area contributed by atoms with Gasteiger partial charge >= 0.3 is 5.97 Å². The van der Waals surface area contributed by atoms with Crippen molar-refractivity contribution in [2.45, 2.75) is 53.6 Å². The number of nitrogens with zero attached hydrogens (tertiary/aromatic N) is 1. The van der Waals surface area contributed by atoms with Crippen LogP contribution in [0, 0.1) is 19.8 Å². The molecule has 0 spiro atoms. The maximum Gasteiger partial charge on any atom is 0.329 e. The smallest absolute Gasteiger partial charge is 0.329 e. The maximum atomic E-state index is 12.7. The Kier molecular flexibility index (Phi) is 8.02. The molecule has 0 saturated carbocycles. The molecule has 0 unspecified atom stereocenters. The van der Waals surface area contributed by atoms with Gasteiger partial charge in [-0.1, -0.05) is 26.0 Å². The van der Waals surface area contributed by atoms with Crippen LogP contribution < -0.4 is 10.1 Å². The highest BCUT2D eigenvalue weighted by Gasteiger charge is 2.28. The number of aromatic nitrogens is 1. The van der Waals surface area contributed by atoms with E-state index in [9.17, 15) is 14.4 Å². The number of carbonyl (C=O) groups excluding carboxylic acids is 3. The number of hydrogen-bond acceptors (Lipinski definition) is 5. The zero-order valence-corrected chi connectivity index (χ0v) is 19.3. The number of amides is 1. The average molecular weight is 429 g/mol. The van der Waals surface area contributed by atoms with Crippen molar-refractivity contribution in [3.63, 3.8) is 0 Å². The normalized spacial score (nSPS) is 12.0. The number of rotatable bonds is 9. The van der Waals surface area contributed by atoms with Gasteiger partial charge in [-0.3, -0.25) is 9.59 Å². The molecule has 1 aromatic heterocycles. The second-order valence-corrected chi connectivity index (χ2v) is 8.17. The van der Waals surface area contributed by atoms with Crippen LogP contribution >= 0.6 is 0 Å². The summed E-state index contributed by atoms with van der Waals surface area (Å²) in [6.45, 7) is 11.1. The average Bonchev–Trinajstić information content (AvgIpc) is 3.03. The van der Waals surface area contributed by atoms with E-state index in [4.69, 9.17) is 9.47 Å². The Hall–Kier alpha value is -3.09. The Balaban J connectivity index is 2.09. The molecule has 0 aliphatic heterocycles. The number of Topliss-reactive ketones (excluding diaryl/α,β-unsaturated/α-hetero) is 1. The fourth-order valence-electron chi connectivity index (χ4n) is 3.71. The molecule has 0 fully saturated rings. The number of para-hydroxylation sites is 1. The second kappa shape index (κ2) is 10.3. The van der Waals surface area contributed by atoms with Crippen molar-refractivity contribution in [2.24, 2.45) is 5.92 Å². The van der Waals surface area contributed by atoms with E-state index in [1.807, 2.05) is 33.8 Å². The summed E-state index contributed by atoms with van der Waals surface area (Å²) in [6, 6.07) is 7.90. The van der Waals surface area contributed by atoms with Crippen LogP contribution in [0.1, 0.15) is 65.8 Å². The third-order valence-corrected chi connectivity index (χ3v) is 5.21. The Labute approximate surface area is 183 Å². The largest absolute Gasteiger partial charge is 0.496 e. The molecule has 1 amide bonds. The second-order valence-electron chi connectivity index (χ2n) is 8.17. The minimum absolute atomic E-state index is 0.222. The summed E-state index contributed by atoms with van der Waals surface area (Å²) < 4.78 is 12.6. The summed E-state index contributed by atoms with van der Waals surface area (Å²) in [6.07, 6.45) is 0. The first-order valence-electron chi connectivity index (χ1n) is 10.4. The Morgan fingerprint density at radius 1 is 1.03 bits per heavy atom. The molecular weight excluding hydrogens is 396 g/mol. The molecule has 31 heavy (non-hydrogen) atoms. The summed E-state index contributed by atoms with van der Waals surface area (Å²) in [5.41, 5.74) is 2.68. The van der Waals surface area contributed by atoms with Gasteiger partial charge in [-0.15, -0.1) is 0 Å². The number of ketones is 1. The molecule has 0 radical (unpaired) electrons. The minimum Gasteiger partial charge on any atom is -0.496 e. The van der Waals surface area contributed by atoms with Crippen LogP contribution in [0.25, 0.3) is 0 Å². The van der Waals surface area contributed by atoms with Crippen LogP contribution in [0.5, 0.6) is 5.75 Å². The quantitative estimate of drug-likeness (QED) is 0.484. The van der Waals surface area contributed by atoms with Gasteiger partial charge in [0, 0.05) is 23.0 Å². The lowest BCUT2D eigenvalue weighted by atomic mass is 10.0. The summed E-state index contributed by atoms with van der Waals surface area (Å²) >= 11 is 0. The molecule has 0 saturated heterocycles. The van der Waals surface area contributed by atoms with Gasteiger partial charge < -0.3 is 19.4 Å². The number of benzene rings is 1. The molecule has 0 bridgehead atoms. The van der Waals surface area contributed by atoms with Gasteiger partial charge in [0.15, 0.2) is 6.61 Å². The van der Waals surface area contributed by atoms with Gasteiger partial charge in [0.1, 0.15) is 11.8 Å². The monoisotopic (exact) mass is 428 g/mol. The van der Waals surface area contributed by atoms with E-state index in [0.29, 0.717) is 16.9 Å². The van der Waals surface area contributed by atoms with E-state index < -0.39 is 17.9 Å². The van der Waals surface area contributed by atoms with Crippen LogP contribution in [0.15, 0.2) is 30.3 Å².